The van der Waals surface area contributed by atoms with Gasteiger partial charge in [0.05, 0.1) is 17.1 Å². The Morgan fingerprint density at radius 1 is 1.44 bits per heavy atom. The van der Waals surface area contributed by atoms with Crippen LogP contribution in [0.5, 0.6) is 5.75 Å². The normalized spacial score (nSPS) is 10.3. The van der Waals surface area contributed by atoms with Crippen LogP contribution in [0.4, 0.5) is 5.69 Å². The molecule has 0 aliphatic carbocycles. The highest BCUT2D eigenvalue weighted by molar-refractivity contribution is 7.09. The van der Waals surface area contributed by atoms with Crippen molar-refractivity contribution in [1.29, 1.82) is 0 Å². The molecule has 0 bridgehead atoms. The fourth-order valence-electron chi connectivity index (χ4n) is 1.55. The van der Waals surface area contributed by atoms with E-state index in [1.54, 1.807) is 25.1 Å². The first-order valence-electron chi connectivity index (χ1n) is 5.55. The summed E-state index contributed by atoms with van der Waals surface area (Å²) in [5.74, 6) is 0.0425. The summed E-state index contributed by atoms with van der Waals surface area (Å²) >= 11 is 1.53. The van der Waals surface area contributed by atoms with Crippen LogP contribution < -0.4 is 5.32 Å². The van der Waals surface area contributed by atoms with E-state index in [2.05, 4.69) is 10.3 Å². The molecule has 2 N–H and O–H groups in total. The van der Waals surface area contributed by atoms with Crippen LogP contribution in [-0.2, 0) is 11.2 Å². The predicted octanol–water partition coefficient (Wildman–Crippen LogP) is 2.65. The molecule has 5 heteroatoms. The van der Waals surface area contributed by atoms with Crippen molar-refractivity contribution < 1.29 is 9.90 Å². The van der Waals surface area contributed by atoms with Gasteiger partial charge in [0.1, 0.15) is 5.75 Å². The molecule has 1 heterocycles. The summed E-state index contributed by atoms with van der Waals surface area (Å²) in [6, 6.07) is 5.07. The molecule has 1 aromatic carbocycles. The average Bonchev–Trinajstić information content (AvgIpc) is 2.69. The number of hydrogen-bond donors (Lipinski definition) is 2. The van der Waals surface area contributed by atoms with E-state index >= 15 is 0 Å². The highest BCUT2D eigenvalue weighted by Gasteiger charge is 2.07. The van der Waals surface area contributed by atoms with Gasteiger partial charge in [-0.25, -0.2) is 4.98 Å². The molecule has 94 valence electrons. The van der Waals surface area contributed by atoms with Crippen molar-refractivity contribution in [2.45, 2.75) is 20.3 Å². The molecular formula is C13H14N2O2S. The van der Waals surface area contributed by atoms with Crippen LogP contribution in [0.2, 0.25) is 0 Å². The molecule has 0 saturated carbocycles. The predicted molar refractivity (Wildman–Crippen MR) is 72.0 cm³/mol. The molecule has 0 fully saturated rings. The van der Waals surface area contributed by atoms with Crippen molar-refractivity contribution in [3.63, 3.8) is 0 Å². The van der Waals surface area contributed by atoms with Gasteiger partial charge in [-0.15, -0.1) is 11.3 Å². The van der Waals surface area contributed by atoms with E-state index in [4.69, 9.17) is 0 Å². The number of hydrogen-bond acceptors (Lipinski definition) is 4. The molecule has 0 spiro atoms. The monoisotopic (exact) mass is 262 g/mol. The third-order valence-corrected chi connectivity index (χ3v) is 3.32. The van der Waals surface area contributed by atoms with E-state index < -0.39 is 0 Å². The Morgan fingerprint density at radius 2 is 2.22 bits per heavy atom. The zero-order valence-corrected chi connectivity index (χ0v) is 11.0. The smallest absolute Gasteiger partial charge is 0.230 e. The van der Waals surface area contributed by atoms with Gasteiger partial charge >= 0.3 is 0 Å². The number of aryl methyl sites for hydroxylation is 2. The largest absolute Gasteiger partial charge is 0.508 e. The quantitative estimate of drug-likeness (QED) is 0.894. The molecule has 2 aromatic rings. The minimum absolute atomic E-state index is 0.136. The van der Waals surface area contributed by atoms with Crippen molar-refractivity contribution in [3.8, 4) is 5.75 Å². The minimum Gasteiger partial charge on any atom is -0.508 e. The van der Waals surface area contributed by atoms with Crippen LogP contribution >= 0.6 is 11.3 Å². The first-order chi connectivity index (χ1) is 8.54. The van der Waals surface area contributed by atoms with E-state index in [0.717, 1.165) is 16.3 Å². The second-order valence-corrected chi connectivity index (χ2v) is 5.15. The summed E-state index contributed by atoms with van der Waals surface area (Å²) in [5.41, 5.74) is 2.14. The number of aromatic hydroxyl groups is 1. The van der Waals surface area contributed by atoms with Crippen LogP contribution in [0, 0.1) is 13.8 Å². The summed E-state index contributed by atoms with van der Waals surface area (Å²) < 4.78 is 0. The molecular weight excluding hydrogens is 248 g/mol. The van der Waals surface area contributed by atoms with Crippen LogP contribution in [0.15, 0.2) is 23.6 Å². The topological polar surface area (TPSA) is 62.2 Å². The fraction of sp³-hybridized carbons (Fsp3) is 0.231. The molecule has 0 aliphatic heterocycles. The first kappa shape index (κ1) is 12.6. The number of rotatable bonds is 3. The average molecular weight is 262 g/mol. The molecule has 0 saturated heterocycles. The number of amides is 1. The number of carbonyl (C=O) groups excluding carboxylic acids is 1. The lowest BCUT2D eigenvalue weighted by Crippen LogP contribution is -2.14. The number of aromatic nitrogens is 1. The van der Waals surface area contributed by atoms with Gasteiger partial charge in [-0.2, -0.15) is 0 Å². The fourth-order valence-corrected chi connectivity index (χ4v) is 2.16. The van der Waals surface area contributed by atoms with Crippen molar-refractivity contribution in [2.24, 2.45) is 0 Å². The summed E-state index contributed by atoms with van der Waals surface area (Å²) in [6.45, 7) is 3.71. The maximum absolute atomic E-state index is 11.8. The van der Waals surface area contributed by atoms with Gasteiger partial charge in [0.25, 0.3) is 0 Å². The molecule has 4 nitrogen and oxygen atoms in total. The third kappa shape index (κ3) is 3.07. The highest BCUT2D eigenvalue weighted by atomic mass is 32.1. The molecule has 0 aliphatic rings. The molecule has 0 unspecified atom stereocenters. The van der Waals surface area contributed by atoms with Crippen LogP contribution in [0.25, 0.3) is 0 Å². The van der Waals surface area contributed by atoms with E-state index in [1.165, 1.54) is 11.3 Å². The summed E-state index contributed by atoms with van der Waals surface area (Å²) in [4.78, 5) is 16.0. The molecule has 0 atom stereocenters. The van der Waals surface area contributed by atoms with E-state index in [-0.39, 0.29) is 18.1 Å². The van der Waals surface area contributed by atoms with Crippen LogP contribution in [0.3, 0.4) is 0 Å². The van der Waals surface area contributed by atoms with E-state index in [0.29, 0.717) is 5.69 Å². The summed E-state index contributed by atoms with van der Waals surface area (Å²) in [6.07, 6.45) is 0.249. The Balaban J connectivity index is 2.00. The lowest BCUT2D eigenvalue weighted by Gasteiger charge is -2.06. The summed E-state index contributed by atoms with van der Waals surface area (Å²) in [5, 5.41) is 15.1. The lowest BCUT2D eigenvalue weighted by atomic mass is 10.2. The Labute approximate surface area is 109 Å². The van der Waals surface area contributed by atoms with Crippen molar-refractivity contribution >= 4 is 22.9 Å². The Kier molecular flexibility index (Phi) is 3.62. The van der Waals surface area contributed by atoms with E-state index in [9.17, 15) is 9.90 Å². The number of thiazole rings is 1. The molecule has 18 heavy (non-hydrogen) atoms. The molecule has 0 radical (unpaired) electrons. The Bertz CT molecular complexity index is 578. The Morgan fingerprint density at radius 3 is 2.83 bits per heavy atom. The number of benzene rings is 1. The lowest BCUT2D eigenvalue weighted by molar-refractivity contribution is -0.115. The van der Waals surface area contributed by atoms with Gasteiger partial charge in [-0.05, 0) is 25.5 Å². The van der Waals surface area contributed by atoms with Crippen LogP contribution in [-0.4, -0.2) is 16.0 Å². The molecule has 1 amide bonds. The van der Waals surface area contributed by atoms with Gasteiger partial charge in [0.15, 0.2) is 0 Å². The zero-order chi connectivity index (χ0) is 13.1. The first-order valence-corrected chi connectivity index (χ1v) is 6.43. The third-order valence-electron chi connectivity index (χ3n) is 2.50. The zero-order valence-electron chi connectivity index (χ0n) is 10.2. The second-order valence-electron chi connectivity index (χ2n) is 4.08. The van der Waals surface area contributed by atoms with E-state index in [1.807, 2.05) is 12.3 Å². The van der Waals surface area contributed by atoms with Gasteiger partial charge in [0.2, 0.25) is 5.91 Å². The maximum atomic E-state index is 11.8. The maximum Gasteiger partial charge on any atom is 0.230 e. The standard InChI is InChI=1S/C13H14N2O2S/c1-8-3-4-10(5-12(8)16)15-13(17)6-11-7-18-9(2)14-11/h3-5,7,16H,6H2,1-2H3,(H,15,17). The highest BCUT2D eigenvalue weighted by Crippen LogP contribution is 2.21. The van der Waals surface area contributed by atoms with Crippen molar-refractivity contribution in [3.05, 3.63) is 39.8 Å². The summed E-state index contributed by atoms with van der Waals surface area (Å²) in [7, 11) is 0. The second kappa shape index (κ2) is 5.18. The number of phenolic OH excluding ortho intramolecular Hbond substituents is 1. The number of nitrogens with one attached hydrogen (secondary N) is 1. The van der Waals surface area contributed by atoms with Crippen LogP contribution in [0.1, 0.15) is 16.3 Å². The van der Waals surface area contributed by atoms with Crippen molar-refractivity contribution in [1.82, 2.24) is 4.98 Å². The number of phenols is 1. The number of anilines is 1. The SMILES string of the molecule is Cc1nc(CC(=O)Nc2ccc(C)c(O)c2)cs1. The number of carbonyl (C=O) groups is 1. The molecule has 1 aromatic heterocycles. The van der Waals surface area contributed by atoms with Crippen molar-refractivity contribution in [2.75, 3.05) is 5.32 Å². The molecule has 2 rings (SSSR count). The number of nitrogens with zero attached hydrogens (tertiary/aromatic N) is 1. The van der Waals surface area contributed by atoms with Gasteiger partial charge in [-0.1, -0.05) is 6.07 Å². The Hall–Kier alpha value is -1.88. The minimum atomic E-state index is -0.136. The van der Waals surface area contributed by atoms with Gasteiger partial charge in [0, 0.05) is 17.1 Å². The van der Waals surface area contributed by atoms with Gasteiger partial charge in [-0.3, -0.25) is 4.79 Å². The van der Waals surface area contributed by atoms with Gasteiger partial charge < -0.3 is 10.4 Å².